The van der Waals surface area contributed by atoms with Crippen LogP contribution < -0.4 is 15.5 Å². The standard InChI is InChI=1S/C13H23N5.HI/c1-5-18(6-2)12-8-7-11(9-16-12)10-17-13(14-3)15-4;/h7-9H,5-6,10H2,1-4H3,(H2,14,15,17);1H. The summed E-state index contributed by atoms with van der Waals surface area (Å²) >= 11 is 0. The summed E-state index contributed by atoms with van der Waals surface area (Å²) in [7, 11) is 3.59. The molecule has 19 heavy (non-hydrogen) atoms. The number of nitrogens with zero attached hydrogens (tertiary/aromatic N) is 3. The van der Waals surface area contributed by atoms with Crippen LogP contribution in [0.3, 0.4) is 0 Å². The molecule has 5 nitrogen and oxygen atoms in total. The van der Waals surface area contributed by atoms with Gasteiger partial charge in [-0.1, -0.05) is 6.07 Å². The molecule has 1 rings (SSSR count). The van der Waals surface area contributed by atoms with Crippen LogP contribution >= 0.6 is 24.0 Å². The quantitative estimate of drug-likeness (QED) is 0.467. The van der Waals surface area contributed by atoms with E-state index in [-0.39, 0.29) is 24.0 Å². The minimum atomic E-state index is 0. The highest BCUT2D eigenvalue weighted by Crippen LogP contribution is 2.10. The molecule has 0 spiro atoms. The van der Waals surface area contributed by atoms with Crippen LogP contribution in [0.4, 0.5) is 5.82 Å². The second-order valence-electron chi connectivity index (χ2n) is 3.87. The Morgan fingerprint density at radius 1 is 1.32 bits per heavy atom. The van der Waals surface area contributed by atoms with E-state index >= 15 is 0 Å². The topological polar surface area (TPSA) is 52.5 Å². The van der Waals surface area contributed by atoms with Gasteiger partial charge in [0.2, 0.25) is 0 Å². The lowest BCUT2D eigenvalue weighted by molar-refractivity contribution is 0.833. The smallest absolute Gasteiger partial charge is 0.190 e. The Balaban J connectivity index is 0.00000324. The van der Waals surface area contributed by atoms with Crippen molar-refractivity contribution in [1.29, 1.82) is 0 Å². The molecule has 0 bridgehead atoms. The molecule has 0 atom stereocenters. The molecule has 2 N–H and O–H groups in total. The average molecular weight is 377 g/mol. The first-order valence-electron chi connectivity index (χ1n) is 6.33. The van der Waals surface area contributed by atoms with Crippen LogP contribution in [0.2, 0.25) is 0 Å². The van der Waals surface area contributed by atoms with Crippen LogP contribution in [0, 0.1) is 0 Å². The number of pyridine rings is 1. The molecule has 0 saturated heterocycles. The Bertz CT molecular complexity index is 373. The van der Waals surface area contributed by atoms with Crippen molar-refractivity contribution < 1.29 is 0 Å². The van der Waals surface area contributed by atoms with Crippen LogP contribution in [0.1, 0.15) is 19.4 Å². The third-order valence-electron chi connectivity index (χ3n) is 2.82. The van der Waals surface area contributed by atoms with E-state index < -0.39 is 0 Å². The van der Waals surface area contributed by atoms with E-state index in [4.69, 9.17) is 0 Å². The van der Waals surface area contributed by atoms with E-state index in [1.165, 1.54) is 0 Å². The number of nitrogens with one attached hydrogen (secondary N) is 2. The summed E-state index contributed by atoms with van der Waals surface area (Å²) in [6, 6.07) is 4.16. The Morgan fingerprint density at radius 3 is 2.42 bits per heavy atom. The highest BCUT2D eigenvalue weighted by atomic mass is 127. The second kappa shape index (κ2) is 9.82. The van der Waals surface area contributed by atoms with Gasteiger partial charge in [-0.15, -0.1) is 24.0 Å². The lowest BCUT2D eigenvalue weighted by atomic mass is 10.2. The van der Waals surface area contributed by atoms with Crippen LogP contribution in [0.25, 0.3) is 0 Å². The minimum Gasteiger partial charge on any atom is -0.359 e. The summed E-state index contributed by atoms with van der Waals surface area (Å²) in [6.07, 6.45) is 1.91. The first kappa shape index (κ1) is 17.9. The van der Waals surface area contributed by atoms with Gasteiger partial charge in [-0.2, -0.15) is 0 Å². The van der Waals surface area contributed by atoms with Gasteiger partial charge in [-0.3, -0.25) is 4.99 Å². The number of aromatic nitrogens is 1. The first-order chi connectivity index (χ1) is 8.74. The third-order valence-corrected chi connectivity index (χ3v) is 2.82. The number of rotatable bonds is 5. The molecule has 0 aliphatic rings. The lowest BCUT2D eigenvalue weighted by Gasteiger charge is -2.19. The predicted octanol–water partition coefficient (Wildman–Crippen LogP) is 1.84. The molecule has 108 valence electrons. The number of hydrogen-bond acceptors (Lipinski definition) is 3. The number of aliphatic imine (C=N–C) groups is 1. The number of hydrogen-bond donors (Lipinski definition) is 2. The van der Waals surface area contributed by atoms with Crippen LogP contribution in [0.15, 0.2) is 23.3 Å². The fourth-order valence-corrected chi connectivity index (χ4v) is 1.72. The molecule has 0 aliphatic heterocycles. The van der Waals surface area contributed by atoms with Crippen molar-refractivity contribution in [2.45, 2.75) is 20.4 Å². The molecule has 0 fully saturated rings. The molecular formula is C13H24IN5. The molecule has 0 aromatic carbocycles. The third kappa shape index (κ3) is 5.63. The fraction of sp³-hybridized carbons (Fsp3) is 0.538. The minimum absolute atomic E-state index is 0. The Morgan fingerprint density at radius 2 is 2.00 bits per heavy atom. The van der Waals surface area contributed by atoms with Gasteiger partial charge in [-0.25, -0.2) is 4.98 Å². The van der Waals surface area contributed by atoms with E-state index in [9.17, 15) is 0 Å². The Labute approximate surface area is 132 Å². The van der Waals surface area contributed by atoms with Crippen molar-refractivity contribution in [2.75, 3.05) is 32.1 Å². The molecule has 0 unspecified atom stereocenters. The zero-order valence-electron chi connectivity index (χ0n) is 12.1. The van der Waals surface area contributed by atoms with Gasteiger partial charge in [-0.05, 0) is 25.5 Å². The fourth-order valence-electron chi connectivity index (χ4n) is 1.72. The summed E-state index contributed by atoms with van der Waals surface area (Å²) in [5.74, 6) is 1.81. The molecule has 0 aliphatic carbocycles. The van der Waals surface area contributed by atoms with Crippen molar-refractivity contribution in [2.24, 2.45) is 4.99 Å². The van der Waals surface area contributed by atoms with E-state index in [1.807, 2.05) is 13.2 Å². The van der Waals surface area contributed by atoms with Crippen LogP contribution in [0.5, 0.6) is 0 Å². The van der Waals surface area contributed by atoms with Crippen molar-refractivity contribution in [3.05, 3.63) is 23.9 Å². The van der Waals surface area contributed by atoms with E-state index in [2.05, 4.69) is 51.5 Å². The van der Waals surface area contributed by atoms with E-state index in [1.54, 1.807) is 7.05 Å². The molecule has 0 saturated carbocycles. The zero-order chi connectivity index (χ0) is 13.4. The Kier molecular flexibility index (Phi) is 9.28. The highest BCUT2D eigenvalue weighted by Gasteiger charge is 2.03. The molecular weight excluding hydrogens is 353 g/mol. The summed E-state index contributed by atoms with van der Waals surface area (Å²) in [4.78, 5) is 10.8. The van der Waals surface area contributed by atoms with Gasteiger partial charge in [0.1, 0.15) is 5.82 Å². The lowest BCUT2D eigenvalue weighted by Crippen LogP contribution is -2.34. The van der Waals surface area contributed by atoms with Gasteiger partial charge in [0.05, 0.1) is 0 Å². The van der Waals surface area contributed by atoms with Crippen molar-refractivity contribution in [3.8, 4) is 0 Å². The molecule has 6 heteroatoms. The summed E-state index contributed by atoms with van der Waals surface area (Å²) in [6.45, 7) is 6.95. The van der Waals surface area contributed by atoms with Crippen molar-refractivity contribution in [3.63, 3.8) is 0 Å². The van der Waals surface area contributed by atoms with Crippen LogP contribution in [-0.4, -0.2) is 38.1 Å². The molecule has 1 aromatic heterocycles. The van der Waals surface area contributed by atoms with Gasteiger partial charge < -0.3 is 15.5 Å². The maximum atomic E-state index is 4.48. The first-order valence-corrected chi connectivity index (χ1v) is 6.33. The SMILES string of the molecule is CCN(CC)c1ccc(CNC(=NC)NC)cn1.I. The number of halogens is 1. The molecule has 1 heterocycles. The zero-order valence-corrected chi connectivity index (χ0v) is 14.4. The monoisotopic (exact) mass is 377 g/mol. The average Bonchev–Trinajstić information content (AvgIpc) is 2.43. The van der Waals surface area contributed by atoms with Gasteiger partial charge in [0.25, 0.3) is 0 Å². The summed E-state index contributed by atoms with van der Waals surface area (Å²) in [5.41, 5.74) is 1.14. The summed E-state index contributed by atoms with van der Waals surface area (Å²) in [5, 5.41) is 6.18. The Hall–Kier alpha value is -1.05. The second-order valence-corrected chi connectivity index (χ2v) is 3.87. The van der Waals surface area contributed by atoms with E-state index in [0.29, 0.717) is 0 Å². The van der Waals surface area contributed by atoms with Crippen molar-refractivity contribution >= 4 is 35.8 Å². The van der Waals surface area contributed by atoms with Crippen molar-refractivity contribution in [1.82, 2.24) is 15.6 Å². The molecule has 0 amide bonds. The maximum absolute atomic E-state index is 4.48. The number of guanidine groups is 1. The maximum Gasteiger partial charge on any atom is 0.190 e. The normalized spacial score (nSPS) is 10.6. The number of anilines is 1. The van der Waals surface area contributed by atoms with E-state index in [0.717, 1.165) is 37.0 Å². The van der Waals surface area contributed by atoms with Crippen LogP contribution in [-0.2, 0) is 6.54 Å². The largest absolute Gasteiger partial charge is 0.359 e. The molecule has 0 radical (unpaired) electrons. The molecule has 1 aromatic rings. The van der Waals surface area contributed by atoms with Gasteiger partial charge in [0.15, 0.2) is 5.96 Å². The van der Waals surface area contributed by atoms with Gasteiger partial charge in [0, 0.05) is 39.9 Å². The predicted molar refractivity (Wildman–Crippen MR) is 92.5 cm³/mol. The van der Waals surface area contributed by atoms with Gasteiger partial charge >= 0.3 is 0 Å². The summed E-state index contributed by atoms with van der Waals surface area (Å²) < 4.78 is 0. The highest BCUT2D eigenvalue weighted by molar-refractivity contribution is 14.0.